The number of nitrogens with one attached hydrogen (secondary N) is 2. The van der Waals surface area contributed by atoms with Gasteiger partial charge in [0.25, 0.3) is 0 Å². The normalized spacial score (nSPS) is 24.0. The second-order valence-corrected chi connectivity index (χ2v) is 7.49. The van der Waals surface area contributed by atoms with Gasteiger partial charge in [0, 0.05) is 25.2 Å². The van der Waals surface area contributed by atoms with Crippen molar-refractivity contribution >= 4 is 30.7 Å². The van der Waals surface area contributed by atoms with Gasteiger partial charge in [0.2, 0.25) is 5.91 Å². The van der Waals surface area contributed by atoms with E-state index < -0.39 is 0 Å². The molecule has 2 N–H and O–H groups in total. The zero-order valence-electron chi connectivity index (χ0n) is 14.8. The molecule has 0 atom stereocenters. The van der Waals surface area contributed by atoms with Gasteiger partial charge >= 0.3 is 0 Å². The number of likely N-dealkylation sites (tertiary alicyclic amines) is 2. The van der Waals surface area contributed by atoms with Crippen molar-refractivity contribution in [3.63, 3.8) is 0 Å². The van der Waals surface area contributed by atoms with Crippen LogP contribution in [-0.2, 0) is 4.79 Å². The molecule has 2 saturated heterocycles. The SMILES string of the molecule is CN1CCC(N2CCC(NC(=O)CNCC3CC3)CC2)CC1.Cl.Cl. The summed E-state index contributed by atoms with van der Waals surface area (Å²) in [4.78, 5) is 17.0. The molecule has 142 valence electrons. The molecule has 0 aromatic rings. The van der Waals surface area contributed by atoms with E-state index in [1.807, 2.05) is 0 Å². The number of piperidine rings is 2. The Bertz CT molecular complexity index is 366. The Labute approximate surface area is 159 Å². The minimum Gasteiger partial charge on any atom is -0.352 e. The molecule has 24 heavy (non-hydrogen) atoms. The minimum absolute atomic E-state index is 0. The van der Waals surface area contributed by atoms with Gasteiger partial charge in [-0.05, 0) is 71.1 Å². The predicted molar refractivity (Wildman–Crippen MR) is 103 cm³/mol. The van der Waals surface area contributed by atoms with Crippen LogP contribution in [0.2, 0.25) is 0 Å². The lowest BCUT2D eigenvalue weighted by Gasteiger charge is -2.41. The average Bonchev–Trinajstić information content (AvgIpc) is 3.33. The van der Waals surface area contributed by atoms with Crippen LogP contribution in [0.5, 0.6) is 0 Å². The Morgan fingerprint density at radius 1 is 0.958 bits per heavy atom. The van der Waals surface area contributed by atoms with Gasteiger partial charge in [-0.15, -0.1) is 24.8 Å². The molecule has 1 aliphatic carbocycles. The molecule has 3 fully saturated rings. The van der Waals surface area contributed by atoms with Gasteiger partial charge in [-0.3, -0.25) is 4.79 Å². The fourth-order valence-corrected chi connectivity index (χ4v) is 3.76. The first-order valence-corrected chi connectivity index (χ1v) is 9.13. The first kappa shape index (κ1) is 22.0. The molecule has 0 bridgehead atoms. The van der Waals surface area contributed by atoms with Gasteiger partial charge in [-0.2, -0.15) is 0 Å². The third kappa shape index (κ3) is 7.04. The van der Waals surface area contributed by atoms with Crippen molar-refractivity contribution in [2.75, 3.05) is 46.3 Å². The van der Waals surface area contributed by atoms with Crippen LogP contribution >= 0.6 is 24.8 Å². The molecule has 1 amide bonds. The van der Waals surface area contributed by atoms with Crippen molar-refractivity contribution < 1.29 is 4.79 Å². The lowest BCUT2D eigenvalue weighted by atomic mass is 9.98. The summed E-state index contributed by atoms with van der Waals surface area (Å²) < 4.78 is 0. The largest absolute Gasteiger partial charge is 0.352 e. The van der Waals surface area contributed by atoms with Crippen molar-refractivity contribution in [2.45, 2.75) is 50.6 Å². The molecule has 5 nitrogen and oxygen atoms in total. The summed E-state index contributed by atoms with van der Waals surface area (Å²) >= 11 is 0. The summed E-state index contributed by atoms with van der Waals surface area (Å²) in [5, 5.41) is 6.48. The number of hydrogen-bond donors (Lipinski definition) is 2. The molecule has 0 unspecified atom stereocenters. The summed E-state index contributed by atoms with van der Waals surface area (Å²) in [7, 11) is 2.22. The number of nitrogens with zero attached hydrogens (tertiary/aromatic N) is 2. The third-order valence-electron chi connectivity index (χ3n) is 5.51. The maximum Gasteiger partial charge on any atom is 0.234 e. The molecule has 2 heterocycles. The average molecular weight is 381 g/mol. The number of halogens is 2. The standard InChI is InChI=1S/C17H32N4O.2ClH/c1-20-8-6-16(7-9-20)21-10-4-15(5-11-21)19-17(22)13-18-12-14-2-3-14;;/h14-16,18H,2-13H2,1H3,(H,19,22);2*1H. The van der Waals surface area contributed by atoms with Gasteiger partial charge in [-0.1, -0.05) is 0 Å². The van der Waals surface area contributed by atoms with Gasteiger partial charge in [-0.25, -0.2) is 0 Å². The second-order valence-electron chi connectivity index (χ2n) is 7.49. The minimum atomic E-state index is 0. The highest BCUT2D eigenvalue weighted by Gasteiger charge is 2.28. The molecule has 0 aromatic heterocycles. The molecule has 7 heteroatoms. The first-order chi connectivity index (χ1) is 10.7. The van der Waals surface area contributed by atoms with E-state index in [0.717, 1.165) is 44.4 Å². The summed E-state index contributed by atoms with van der Waals surface area (Å²) in [6, 6.07) is 1.16. The van der Waals surface area contributed by atoms with E-state index in [-0.39, 0.29) is 30.7 Å². The van der Waals surface area contributed by atoms with Crippen LogP contribution in [0.15, 0.2) is 0 Å². The van der Waals surface area contributed by atoms with Crippen molar-refractivity contribution in [1.29, 1.82) is 0 Å². The van der Waals surface area contributed by atoms with Crippen LogP contribution in [-0.4, -0.2) is 74.1 Å². The van der Waals surface area contributed by atoms with Crippen molar-refractivity contribution in [1.82, 2.24) is 20.4 Å². The molecule has 0 radical (unpaired) electrons. The second kappa shape index (κ2) is 10.8. The zero-order valence-corrected chi connectivity index (χ0v) is 16.5. The lowest BCUT2D eigenvalue weighted by molar-refractivity contribution is -0.121. The van der Waals surface area contributed by atoms with E-state index in [0.29, 0.717) is 12.6 Å². The highest BCUT2D eigenvalue weighted by atomic mass is 35.5. The number of rotatable bonds is 6. The van der Waals surface area contributed by atoms with E-state index in [9.17, 15) is 4.79 Å². The van der Waals surface area contributed by atoms with E-state index in [4.69, 9.17) is 0 Å². The quantitative estimate of drug-likeness (QED) is 0.732. The maximum absolute atomic E-state index is 11.9. The highest BCUT2D eigenvalue weighted by molar-refractivity contribution is 5.85. The Morgan fingerprint density at radius 2 is 1.58 bits per heavy atom. The molecule has 3 rings (SSSR count). The molecule has 0 spiro atoms. The molecule has 1 saturated carbocycles. The molecule has 3 aliphatic rings. The lowest BCUT2D eigenvalue weighted by Crippen LogP contribution is -2.51. The smallest absolute Gasteiger partial charge is 0.234 e. The molecular weight excluding hydrogens is 347 g/mol. The van der Waals surface area contributed by atoms with Crippen molar-refractivity contribution in [3.8, 4) is 0 Å². The van der Waals surface area contributed by atoms with Gasteiger partial charge in [0.15, 0.2) is 0 Å². The summed E-state index contributed by atoms with van der Waals surface area (Å²) in [5.74, 6) is 1.02. The summed E-state index contributed by atoms with van der Waals surface area (Å²) in [5.41, 5.74) is 0. The van der Waals surface area contributed by atoms with E-state index >= 15 is 0 Å². The van der Waals surface area contributed by atoms with Crippen LogP contribution in [0.4, 0.5) is 0 Å². The van der Waals surface area contributed by atoms with Gasteiger partial charge in [0.05, 0.1) is 6.54 Å². The highest BCUT2D eigenvalue weighted by Crippen LogP contribution is 2.27. The molecule has 0 aromatic carbocycles. The number of carbonyl (C=O) groups excluding carboxylic acids is 1. The third-order valence-corrected chi connectivity index (χ3v) is 5.51. The van der Waals surface area contributed by atoms with Crippen LogP contribution < -0.4 is 10.6 Å². The summed E-state index contributed by atoms with van der Waals surface area (Å²) in [6.45, 7) is 6.26. The monoisotopic (exact) mass is 380 g/mol. The van der Waals surface area contributed by atoms with Crippen LogP contribution in [0, 0.1) is 5.92 Å². The Kier molecular flexibility index (Phi) is 9.90. The number of amides is 1. The van der Waals surface area contributed by atoms with E-state index in [1.54, 1.807) is 0 Å². The first-order valence-electron chi connectivity index (χ1n) is 9.13. The fraction of sp³-hybridized carbons (Fsp3) is 0.941. The van der Waals surface area contributed by atoms with Crippen molar-refractivity contribution in [3.05, 3.63) is 0 Å². The van der Waals surface area contributed by atoms with Crippen LogP contribution in [0.3, 0.4) is 0 Å². The maximum atomic E-state index is 11.9. The van der Waals surface area contributed by atoms with Gasteiger partial charge in [0.1, 0.15) is 0 Å². The zero-order chi connectivity index (χ0) is 15.4. The fourth-order valence-electron chi connectivity index (χ4n) is 3.76. The number of carbonyl (C=O) groups is 1. The van der Waals surface area contributed by atoms with Crippen LogP contribution in [0.1, 0.15) is 38.5 Å². The molecular formula is C17H34Cl2N4O. The van der Waals surface area contributed by atoms with Gasteiger partial charge < -0.3 is 20.4 Å². The van der Waals surface area contributed by atoms with E-state index in [2.05, 4.69) is 27.5 Å². The topological polar surface area (TPSA) is 47.6 Å². The van der Waals surface area contributed by atoms with Crippen molar-refractivity contribution in [2.24, 2.45) is 5.92 Å². The van der Waals surface area contributed by atoms with E-state index in [1.165, 1.54) is 38.8 Å². The predicted octanol–water partition coefficient (Wildman–Crippen LogP) is 1.50. The Hall–Kier alpha value is -0.0700. The summed E-state index contributed by atoms with van der Waals surface area (Å²) in [6.07, 6.45) is 7.51. The molecule has 2 aliphatic heterocycles. The number of hydrogen-bond acceptors (Lipinski definition) is 4. The Balaban J connectivity index is 0.00000144. The van der Waals surface area contributed by atoms with Crippen LogP contribution in [0.25, 0.3) is 0 Å². The Morgan fingerprint density at radius 3 is 2.17 bits per heavy atom.